The number of sulfonamides is 1. The highest BCUT2D eigenvalue weighted by atomic mass is 35.5. The summed E-state index contributed by atoms with van der Waals surface area (Å²) < 4.78 is 27.1. The van der Waals surface area contributed by atoms with Gasteiger partial charge in [-0.25, -0.2) is 13.1 Å². The summed E-state index contributed by atoms with van der Waals surface area (Å²) >= 11 is 5.77. The predicted octanol–water partition coefficient (Wildman–Crippen LogP) is 2.81. The number of rotatable bonds is 5. The molecule has 21 heavy (non-hydrogen) atoms. The molecule has 2 rings (SSSR count). The van der Waals surface area contributed by atoms with Crippen molar-refractivity contribution in [3.05, 3.63) is 29.3 Å². The van der Waals surface area contributed by atoms with Gasteiger partial charge in [-0.2, -0.15) is 0 Å². The van der Waals surface area contributed by atoms with Gasteiger partial charge in [0.1, 0.15) is 7.11 Å². The van der Waals surface area contributed by atoms with Crippen LogP contribution in [0.2, 0.25) is 5.02 Å². The van der Waals surface area contributed by atoms with Crippen LogP contribution in [0.4, 0.5) is 0 Å². The number of benzene rings is 1. The number of nitrogens with zero attached hydrogens (tertiary/aromatic N) is 1. The van der Waals surface area contributed by atoms with Gasteiger partial charge < -0.3 is 4.84 Å². The Morgan fingerprint density at radius 1 is 1.33 bits per heavy atom. The first-order chi connectivity index (χ1) is 10.0. The summed E-state index contributed by atoms with van der Waals surface area (Å²) in [5.74, 6) is 0.0979. The van der Waals surface area contributed by atoms with Crippen molar-refractivity contribution in [1.29, 1.82) is 0 Å². The van der Waals surface area contributed by atoms with Crippen molar-refractivity contribution in [1.82, 2.24) is 4.72 Å². The van der Waals surface area contributed by atoms with Crippen molar-refractivity contribution in [3.8, 4) is 0 Å². The summed E-state index contributed by atoms with van der Waals surface area (Å²) in [4.78, 5) is 5.05. The quantitative estimate of drug-likeness (QED) is 0.844. The van der Waals surface area contributed by atoms with Crippen LogP contribution >= 0.6 is 11.6 Å². The average Bonchev–Trinajstić information content (AvgIpc) is 2.47. The molecule has 0 unspecified atom stereocenters. The Kier molecular flexibility index (Phi) is 5.61. The standard InChI is InChI=1S/C14H19ClN2O3S/c1-20-17-14-5-3-2-4-11(14)10-16-21(18,19)13-8-6-12(15)7-9-13/h6-9,11,16H,2-5,10H2,1H3/b17-14-/t11-/m1/s1. The molecule has 0 aliphatic heterocycles. The number of hydrogen-bond acceptors (Lipinski definition) is 4. The first kappa shape index (κ1) is 16.3. The molecule has 1 fully saturated rings. The van der Waals surface area contributed by atoms with Crippen LogP contribution in [0, 0.1) is 5.92 Å². The molecule has 1 aliphatic rings. The van der Waals surface area contributed by atoms with Gasteiger partial charge >= 0.3 is 0 Å². The Balaban J connectivity index is 2.03. The number of hydrogen-bond donors (Lipinski definition) is 1. The lowest BCUT2D eigenvalue weighted by molar-refractivity contribution is 0.208. The van der Waals surface area contributed by atoms with Crippen LogP contribution in [0.15, 0.2) is 34.3 Å². The van der Waals surface area contributed by atoms with Crippen LogP contribution in [0.1, 0.15) is 25.7 Å². The highest BCUT2D eigenvalue weighted by molar-refractivity contribution is 7.89. The van der Waals surface area contributed by atoms with E-state index in [1.165, 1.54) is 19.2 Å². The van der Waals surface area contributed by atoms with Gasteiger partial charge in [0.15, 0.2) is 0 Å². The highest BCUT2D eigenvalue weighted by Gasteiger charge is 2.23. The number of oxime groups is 1. The van der Waals surface area contributed by atoms with Crippen LogP contribution in [-0.2, 0) is 14.9 Å². The molecule has 1 N–H and O–H groups in total. The van der Waals surface area contributed by atoms with Gasteiger partial charge in [-0.1, -0.05) is 23.2 Å². The molecule has 1 aromatic rings. The first-order valence-corrected chi connectivity index (χ1v) is 8.74. The fourth-order valence-electron chi connectivity index (χ4n) is 2.43. The molecule has 0 amide bonds. The van der Waals surface area contributed by atoms with E-state index in [2.05, 4.69) is 9.88 Å². The van der Waals surface area contributed by atoms with Crippen molar-refractivity contribution < 1.29 is 13.3 Å². The summed E-state index contributed by atoms with van der Waals surface area (Å²) in [6.07, 6.45) is 3.94. The summed E-state index contributed by atoms with van der Waals surface area (Å²) in [7, 11) is -2.01. The van der Waals surface area contributed by atoms with Crippen LogP contribution in [0.25, 0.3) is 0 Å². The molecule has 1 saturated carbocycles. The van der Waals surface area contributed by atoms with Gasteiger partial charge in [-0.15, -0.1) is 0 Å². The maximum Gasteiger partial charge on any atom is 0.240 e. The zero-order valence-corrected chi connectivity index (χ0v) is 13.5. The Morgan fingerprint density at radius 2 is 2.05 bits per heavy atom. The second-order valence-corrected chi connectivity index (χ2v) is 7.22. The fourth-order valence-corrected chi connectivity index (χ4v) is 3.64. The second-order valence-electron chi connectivity index (χ2n) is 5.01. The smallest absolute Gasteiger partial charge is 0.240 e. The zero-order valence-electron chi connectivity index (χ0n) is 11.9. The Bertz CT molecular complexity index is 599. The highest BCUT2D eigenvalue weighted by Crippen LogP contribution is 2.22. The van der Waals surface area contributed by atoms with Gasteiger partial charge in [0.25, 0.3) is 0 Å². The van der Waals surface area contributed by atoms with Crippen LogP contribution < -0.4 is 4.72 Å². The largest absolute Gasteiger partial charge is 0.399 e. The zero-order chi connectivity index (χ0) is 15.3. The van der Waals surface area contributed by atoms with Gasteiger partial charge in [0, 0.05) is 17.5 Å². The summed E-state index contributed by atoms with van der Waals surface area (Å²) in [6, 6.07) is 6.12. The summed E-state index contributed by atoms with van der Waals surface area (Å²) in [5, 5.41) is 4.52. The lowest BCUT2D eigenvalue weighted by Crippen LogP contribution is -2.34. The normalized spacial score (nSPS) is 21.4. The van der Waals surface area contributed by atoms with Crippen molar-refractivity contribution in [3.63, 3.8) is 0 Å². The molecule has 5 nitrogen and oxygen atoms in total. The second kappa shape index (κ2) is 7.24. The minimum atomic E-state index is -3.52. The molecule has 0 radical (unpaired) electrons. The molecule has 1 atom stereocenters. The number of halogens is 1. The Labute approximate surface area is 130 Å². The van der Waals surface area contributed by atoms with Crippen molar-refractivity contribution in [2.45, 2.75) is 30.6 Å². The SMILES string of the molecule is CO/N=C1/CCCC[C@@H]1CNS(=O)(=O)c1ccc(Cl)cc1. The van der Waals surface area contributed by atoms with Gasteiger partial charge in [-0.3, -0.25) is 0 Å². The van der Waals surface area contributed by atoms with E-state index in [1.807, 2.05) is 0 Å². The topological polar surface area (TPSA) is 67.8 Å². The molecule has 0 saturated heterocycles. The van der Waals surface area contributed by atoms with E-state index in [1.54, 1.807) is 12.1 Å². The van der Waals surface area contributed by atoms with Gasteiger partial charge in [0.2, 0.25) is 10.0 Å². The predicted molar refractivity (Wildman–Crippen MR) is 83.0 cm³/mol. The molecule has 116 valence electrons. The van der Waals surface area contributed by atoms with Gasteiger partial charge in [-0.05, 0) is 43.5 Å². The molecule has 1 aliphatic carbocycles. The molecule has 0 heterocycles. The van der Waals surface area contributed by atoms with Crippen molar-refractivity contribution in [2.75, 3.05) is 13.7 Å². The number of nitrogens with one attached hydrogen (secondary N) is 1. The van der Waals surface area contributed by atoms with E-state index in [0.29, 0.717) is 11.6 Å². The van der Waals surface area contributed by atoms with E-state index in [9.17, 15) is 8.42 Å². The minimum absolute atomic E-state index is 0.0979. The third kappa shape index (κ3) is 4.43. The van der Waals surface area contributed by atoms with E-state index < -0.39 is 10.0 Å². The lowest BCUT2D eigenvalue weighted by atomic mass is 9.87. The Hall–Kier alpha value is -1.11. The molecule has 0 aromatic heterocycles. The van der Waals surface area contributed by atoms with Crippen LogP contribution in [0.3, 0.4) is 0 Å². The monoisotopic (exact) mass is 330 g/mol. The van der Waals surface area contributed by atoms with Crippen molar-refractivity contribution >= 4 is 27.3 Å². The van der Waals surface area contributed by atoms with Gasteiger partial charge in [0.05, 0.1) is 10.6 Å². The molecule has 1 aromatic carbocycles. The fraction of sp³-hybridized carbons (Fsp3) is 0.500. The van der Waals surface area contributed by atoms with Crippen LogP contribution in [0.5, 0.6) is 0 Å². The van der Waals surface area contributed by atoms with E-state index in [0.717, 1.165) is 31.4 Å². The average molecular weight is 331 g/mol. The molecular formula is C14H19ClN2O3S. The lowest BCUT2D eigenvalue weighted by Gasteiger charge is -2.23. The summed E-state index contributed by atoms with van der Waals surface area (Å²) in [5.41, 5.74) is 0.933. The first-order valence-electron chi connectivity index (χ1n) is 6.88. The Morgan fingerprint density at radius 3 is 2.71 bits per heavy atom. The summed E-state index contributed by atoms with van der Waals surface area (Å²) in [6.45, 7) is 0.340. The molecule has 0 bridgehead atoms. The maximum absolute atomic E-state index is 12.2. The van der Waals surface area contributed by atoms with E-state index >= 15 is 0 Å². The van der Waals surface area contributed by atoms with Crippen molar-refractivity contribution in [2.24, 2.45) is 11.1 Å². The maximum atomic E-state index is 12.2. The molecular weight excluding hydrogens is 312 g/mol. The minimum Gasteiger partial charge on any atom is -0.399 e. The van der Waals surface area contributed by atoms with E-state index in [4.69, 9.17) is 16.4 Å². The van der Waals surface area contributed by atoms with Crippen LogP contribution in [-0.4, -0.2) is 27.8 Å². The third-order valence-corrected chi connectivity index (χ3v) is 5.25. The molecule has 0 spiro atoms. The third-order valence-electron chi connectivity index (χ3n) is 3.56. The molecule has 7 heteroatoms. The van der Waals surface area contributed by atoms with E-state index in [-0.39, 0.29) is 10.8 Å².